The quantitative estimate of drug-likeness (QED) is 0.681. The Hall–Kier alpha value is -1.27. The van der Waals surface area contributed by atoms with Gasteiger partial charge in [0.25, 0.3) is 0 Å². The van der Waals surface area contributed by atoms with Gasteiger partial charge in [-0.25, -0.2) is 0 Å². The number of halogens is 3. The molecular weight excluding hydrogens is 283 g/mol. The molecule has 0 saturated heterocycles. The maximum atomic E-state index is 12.2. The second kappa shape index (κ2) is 8.24. The zero-order chi connectivity index (χ0) is 15.9. The Morgan fingerprint density at radius 1 is 1.24 bits per heavy atom. The fourth-order valence-electron chi connectivity index (χ4n) is 1.92. The van der Waals surface area contributed by atoms with Crippen LogP contribution in [0.2, 0.25) is 0 Å². The summed E-state index contributed by atoms with van der Waals surface area (Å²) in [4.78, 5) is 2.14. The van der Waals surface area contributed by atoms with Crippen molar-refractivity contribution in [2.45, 2.75) is 39.7 Å². The summed E-state index contributed by atoms with van der Waals surface area (Å²) in [7, 11) is 0. The molecule has 0 atom stereocenters. The van der Waals surface area contributed by atoms with Crippen LogP contribution in [0.25, 0.3) is 0 Å². The number of alkyl halides is 3. The standard InChI is InChI=1S/C15H22F3NO2/c1-4-20-9-8-19(12(2)3)11-13-6-5-7-14(10-13)21-15(16,17)18/h5-7,10,12H,4,8-9,11H2,1-3H3. The van der Waals surface area contributed by atoms with Crippen molar-refractivity contribution in [2.75, 3.05) is 19.8 Å². The molecule has 0 aliphatic rings. The van der Waals surface area contributed by atoms with Crippen molar-refractivity contribution in [1.29, 1.82) is 0 Å². The van der Waals surface area contributed by atoms with Gasteiger partial charge in [0.15, 0.2) is 0 Å². The summed E-state index contributed by atoms with van der Waals surface area (Å²) in [5.41, 5.74) is 0.780. The van der Waals surface area contributed by atoms with Crippen molar-refractivity contribution in [3.63, 3.8) is 0 Å². The lowest BCUT2D eigenvalue weighted by molar-refractivity contribution is -0.274. The van der Waals surface area contributed by atoms with Crippen LogP contribution in [0.3, 0.4) is 0 Å². The summed E-state index contributed by atoms with van der Waals surface area (Å²) in [6, 6.07) is 6.36. The van der Waals surface area contributed by atoms with E-state index in [0.29, 0.717) is 19.8 Å². The van der Waals surface area contributed by atoms with E-state index in [9.17, 15) is 13.2 Å². The average molecular weight is 305 g/mol. The highest BCUT2D eigenvalue weighted by molar-refractivity contribution is 5.28. The molecule has 0 unspecified atom stereocenters. The lowest BCUT2D eigenvalue weighted by atomic mass is 10.2. The molecule has 0 saturated carbocycles. The number of hydrogen-bond acceptors (Lipinski definition) is 3. The molecule has 1 aromatic rings. The van der Waals surface area contributed by atoms with Crippen molar-refractivity contribution >= 4 is 0 Å². The van der Waals surface area contributed by atoms with Gasteiger partial charge in [0.2, 0.25) is 0 Å². The molecule has 1 aromatic carbocycles. The molecule has 0 amide bonds. The van der Waals surface area contributed by atoms with Gasteiger partial charge in [-0.15, -0.1) is 13.2 Å². The lowest BCUT2D eigenvalue weighted by Crippen LogP contribution is -2.33. The predicted octanol–water partition coefficient (Wildman–Crippen LogP) is 3.83. The minimum Gasteiger partial charge on any atom is -0.406 e. The fraction of sp³-hybridized carbons (Fsp3) is 0.600. The predicted molar refractivity (Wildman–Crippen MR) is 75.2 cm³/mol. The van der Waals surface area contributed by atoms with Crippen molar-refractivity contribution < 1.29 is 22.6 Å². The van der Waals surface area contributed by atoms with E-state index in [-0.39, 0.29) is 11.8 Å². The third kappa shape index (κ3) is 7.34. The first kappa shape index (κ1) is 17.8. The van der Waals surface area contributed by atoms with E-state index in [1.54, 1.807) is 12.1 Å². The van der Waals surface area contributed by atoms with Crippen LogP contribution in [0.4, 0.5) is 13.2 Å². The van der Waals surface area contributed by atoms with Crippen LogP contribution >= 0.6 is 0 Å². The summed E-state index contributed by atoms with van der Waals surface area (Å²) in [6.07, 6.45) is -4.66. The third-order valence-electron chi connectivity index (χ3n) is 2.97. The molecule has 21 heavy (non-hydrogen) atoms. The summed E-state index contributed by atoms with van der Waals surface area (Å²) in [6.45, 7) is 8.56. The Balaban J connectivity index is 2.68. The van der Waals surface area contributed by atoms with Gasteiger partial charge >= 0.3 is 6.36 Å². The lowest BCUT2D eigenvalue weighted by Gasteiger charge is -2.26. The molecule has 0 heterocycles. The summed E-state index contributed by atoms with van der Waals surface area (Å²) < 4.78 is 45.9. The smallest absolute Gasteiger partial charge is 0.406 e. The maximum absolute atomic E-state index is 12.2. The Kier molecular flexibility index (Phi) is 6.98. The fourth-order valence-corrected chi connectivity index (χ4v) is 1.92. The van der Waals surface area contributed by atoms with Gasteiger partial charge in [-0.1, -0.05) is 12.1 Å². The molecule has 3 nitrogen and oxygen atoms in total. The minimum absolute atomic E-state index is 0.187. The topological polar surface area (TPSA) is 21.7 Å². The zero-order valence-corrected chi connectivity index (χ0v) is 12.6. The van der Waals surface area contributed by atoms with E-state index in [1.165, 1.54) is 12.1 Å². The molecule has 6 heteroatoms. The van der Waals surface area contributed by atoms with Crippen LogP contribution in [0.5, 0.6) is 5.75 Å². The van der Waals surface area contributed by atoms with Crippen LogP contribution in [-0.2, 0) is 11.3 Å². The molecule has 0 aliphatic carbocycles. The van der Waals surface area contributed by atoms with Crippen molar-refractivity contribution in [3.05, 3.63) is 29.8 Å². The molecule has 0 aromatic heterocycles. The molecule has 0 bridgehead atoms. The summed E-state index contributed by atoms with van der Waals surface area (Å²) >= 11 is 0. The molecule has 0 spiro atoms. The molecule has 1 rings (SSSR count). The Bertz CT molecular complexity index is 422. The van der Waals surface area contributed by atoms with Gasteiger partial charge < -0.3 is 9.47 Å². The number of nitrogens with zero attached hydrogens (tertiary/aromatic N) is 1. The molecule has 0 N–H and O–H groups in total. The molecule has 0 radical (unpaired) electrons. The van der Waals surface area contributed by atoms with Crippen molar-refractivity contribution in [3.8, 4) is 5.75 Å². The third-order valence-corrected chi connectivity index (χ3v) is 2.97. The van der Waals surface area contributed by atoms with E-state index in [4.69, 9.17) is 4.74 Å². The van der Waals surface area contributed by atoms with Crippen molar-refractivity contribution in [2.24, 2.45) is 0 Å². The average Bonchev–Trinajstić information content (AvgIpc) is 2.36. The first-order valence-electron chi connectivity index (χ1n) is 6.98. The van der Waals surface area contributed by atoms with Gasteiger partial charge in [-0.3, -0.25) is 4.90 Å². The van der Waals surface area contributed by atoms with Gasteiger partial charge in [0.05, 0.1) is 6.61 Å². The van der Waals surface area contributed by atoms with Gasteiger partial charge in [0, 0.05) is 25.7 Å². The molecule has 0 fully saturated rings. The number of hydrogen-bond donors (Lipinski definition) is 0. The van der Waals surface area contributed by atoms with Gasteiger partial charge in [-0.05, 0) is 38.5 Å². The number of ether oxygens (including phenoxy) is 2. The minimum atomic E-state index is -4.66. The van der Waals surface area contributed by atoms with Crippen LogP contribution in [0, 0.1) is 0 Å². The second-order valence-corrected chi connectivity index (χ2v) is 4.96. The highest BCUT2D eigenvalue weighted by Crippen LogP contribution is 2.24. The maximum Gasteiger partial charge on any atom is 0.573 e. The monoisotopic (exact) mass is 305 g/mol. The van der Waals surface area contributed by atoms with Gasteiger partial charge in [-0.2, -0.15) is 0 Å². The first-order valence-corrected chi connectivity index (χ1v) is 6.98. The Morgan fingerprint density at radius 3 is 2.52 bits per heavy atom. The summed E-state index contributed by atoms with van der Waals surface area (Å²) in [5.74, 6) is -0.187. The van der Waals surface area contributed by atoms with Crippen LogP contribution in [0.15, 0.2) is 24.3 Å². The normalized spacial score (nSPS) is 12.2. The van der Waals surface area contributed by atoms with E-state index < -0.39 is 6.36 Å². The SMILES string of the molecule is CCOCCN(Cc1cccc(OC(F)(F)F)c1)C(C)C. The highest BCUT2D eigenvalue weighted by atomic mass is 19.4. The van der Waals surface area contributed by atoms with E-state index in [1.807, 2.05) is 20.8 Å². The Labute approximate surface area is 123 Å². The van der Waals surface area contributed by atoms with Crippen LogP contribution in [-0.4, -0.2) is 37.1 Å². The Morgan fingerprint density at radius 2 is 1.95 bits per heavy atom. The first-order chi connectivity index (χ1) is 9.81. The van der Waals surface area contributed by atoms with E-state index >= 15 is 0 Å². The molecule has 0 aliphatic heterocycles. The highest BCUT2D eigenvalue weighted by Gasteiger charge is 2.31. The number of rotatable bonds is 8. The largest absolute Gasteiger partial charge is 0.573 e. The summed E-state index contributed by atoms with van der Waals surface area (Å²) in [5, 5.41) is 0. The van der Waals surface area contributed by atoms with Gasteiger partial charge in [0.1, 0.15) is 5.75 Å². The molecular formula is C15H22F3NO2. The molecule has 120 valence electrons. The van der Waals surface area contributed by atoms with E-state index in [0.717, 1.165) is 12.1 Å². The van der Waals surface area contributed by atoms with E-state index in [2.05, 4.69) is 9.64 Å². The van der Waals surface area contributed by atoms with Crippen molar-refractivity contribution in [1.82, 2.24) is 4.90 Å². The number of benzene rings is 1. The zero-order valence-electron chi connectivity index (χ0n) is 12.6. The van der Waals surface area contributed by atoms with Crippen LogP contribution < -0.4 is 4.74 Å². The second-order valence-electron chi connectivity index (χ2n) is 4.96. The van der Waals surface area contributed by atoms with Crippen LogP contribution in [0.1, 0.15) is 26.3 Å².